The molecule has 0 spiro atoms. The molecule has 0 amide bonds. The highest BCUT2D eigenvalue weighted by atomic mass is 16.5. The van der Waals surface area contributed by atoms with Crippen molar-refractivity contribution in [1.82, 2.24) is 4.90 Å². The lowest BCUT2D eigenvalue weighted by atomic mass is 10.0. The smallest absolute Gasteiger partial charge is 0.120 e. The first kappa shape index (κ1) is 14.2. The zero-order valence-electron chi connectivity index (χ0n) is 12.0. The van der Waals surface area contributed by atoms with Crippen LogP contribution in [0, 0.1) is 0 Å². The Bertz CT molecular complexity index is 411. The number of aliphatic hydroxyl groups is 1. The Morgan fingerprint density at radius 2 is 2.16 bits per heavy atom. The summed E-state index contributed by atoms with van der Waals surface area (Å²) in [7, 11) is 3.83. The van der Waals surface area contributed by atoms with Crippen LogP contribution in [0.4, 0.5) is 5.69 Å². The maximum absolute atomic E-state index is 9.18. The van der Waals surface area contributed by atoms with Gasteiger partial charge in [0.1, 0.15) is 5.75 Å². The minimum atomic E-state index is 0.245. The molecule has 4 heteroatoms. The summed E-state index contributed by atoms with van der Waals surface area (Å²) in [6, 6.07) is 9.08. The van der Waals surface area contributed by atoms with Crippen molar-refractivity contribution in [3.8, 4) is 5.75 Å². The van der Waals surface area contributed by atoms with Gasteiger partial charge < -0.3 is 14.7 Å². The summed E-state index contributed by atoms with van der Waals surface area (Å²) in [6.45, 7) is 4.45. The van der Waals surface area contributed by atoms with E-state index in [-0.39, 0.29) is 6.61 Å². The van der Waals surface area contributed by atoms with Crippen molar-refractivity contribution in [2.75, 3.05) is 38.8 Å². The predicted molar refractivity (Wildman–Crippen MR) is 77.9 cm³/mol. The molecule has 1 aromatic carbocycles. The molecule has 0 aliphatic carbocycles. The van der Waals surface area contributed by atoms with Crippen LogP contribution in [-0.4, -0.2) is 55.9 Å². The predicted octanol–water partition coefficient (Wildman–Crippen LogP) is 1.59. The summed E-state index contributed by atoms with van der Waals surface area (Å²) in [5.41, 5.74) is 1.20. The average Bonchev–Trinajstić information content (AvgIpc) is 2.42. The third-order valence-electron chi connectivity index (χ3n) is 3.96. The lowest BCUT2D eigenvalue weighted by Crippen LogP contribution is -2.56. The van der Waals surface area contributed by atoms with Crippen molar-refractivity contribution >= 4 is 5.69 Å². The molecule has 1 aliphatic rings. The molecule has 1 aliphatic heterocycles. The van der Waals surface area contributed by atoms with E-state index in [9.17, 15) is 5.11 Å². The number of nitrogens with zero attached hydrogens (tertiary/aromatic N) is 2. The van der Waals surface area contributed by atoms with E-state index in [2.05, 4.69) is 35.9 Å². The fourth-order valence-electron chi connectivity index (χ4n) is 2.82. The summed E-state index contributed by atoms with van der Waals surface area (Å²) in [4.78, 5) is 4.75. The van der Waals surface area contributed by atoms with Crippen molar-refractivity contribution in [3.05, 3.63) is 24.3 Å². The summed E-state index contributed by atoms with van der Waals surface area (Å²) in [6.07, 6.45) is 0.823. The molecule has 4 nitrogen and oxygen atoms in total. The second-order valence-electron chi connectivity index (χ2n) is 5.31. The van der Waals surface area contributed by atoms with Crippen molar-refractivity contribution < 1.29 is 9.84 Å². The summed E-state index contributed by atoms with van der Waals surface area (Å²) in [5.74, 6) is 0.891. The van der Waals surface area contributed by atoms with E-state index >= 15 is 0 Å². The van der Waals surface area contributed by atoms with E-state index in [0.717, 1.165) is 25.3 Å². The van der Waals surface area contributed by atoms with Gasteiger partial charge in [0.25, 0.3) is 0 Å². The molecule has 0 saturated carbocycles. The number of hydrogen-bond donors (Lipinski definition) is 1. The molecule has 106 valence electrons. The SMILES string of the molecule is COc1cccc(N2CC(CCO)N(C)CC2C)c1. The van der Waals surface area contributed by atoms with Crippen LogP contribution >= 0.6 is 0 Å². The van der Waals surface area contributed by atoms with Gasteiger partial charge in [-0.05, 0) is 32.5 Å². The summed E-state index contributed by atoms with van der Waals surface area (Å²) >= 11 is 0. The molecule has 0 radical (unpaired) electrons. The van der Waals surface area contributed by atoms with Crippen LogP contribution in [0.5, 0.6) is 5.75 Å². The van der Waals surface area contributed by atoms with E-state index in [0.29, 0.717) is 12.1 Å². The Hall–Kier alpha value is -1.26. The Balaban J connectivity index is 2.17. The molecule has 2 unspecified atom stereocenters. The first-order valence-electron chi connectivity index (χ1n) is 6.87. The summed E-state index contributed by atoms with van der Waals surface area (Å²) < 4.78 is 5.30. The molecule has 1 heterocycles. The third-order valence-corrected chi connectivity index (χ3v) is 3.96. The standard InChI is InChI=1S/C15H24N2O2/c1-12-10-16(2)14(7-8-18)11-17(12)13-5-4-6-15(9-13)19-3/h4-6,9,12,14,18H,7-8,10-11H2,1-3H3. The van der Waals surface area contributed by atoms with Gasteiger partial charge in [-0.3, -0.25) is 4.90 Å². The normalized spacial score (nSPS) is 24.5. The molecule has 0 aromatic heterocycles. The Morgan fingerprint density at radius 3 is 2.84 bits per heavy atom. The number of ether oxygens (including phenoxy) is 1. The number of benzene rings is 1. The number of anilines is 1. The van der Waals surface area contributed by atoms with Crippen LogP contribution in [0.2, 0.25) is 0 Å². The Labute approximate surface area is 115 Å². The molecule has 1 N–H and O–H groups in total. The van der Waals surface area contributed by atoms with Crippen molar-refractivity contribution in [1.29, 1.82) is 0 Å². The molecular weight excluding hydrogens is 240 g/mol. The van der Waals surface area contributed by atoms with E-state index in [1.54, 1.807) is 7.11 Å². The number of likely N-dealkylation sites (N-methyl/N-ethyl adjacent to an activating group) is 1. The molecule has 1 fully saturated rings. The molecule has 19 heavy (non-hydrogen) atoms. The fourth-order valence-corrected chi connectivity index (χ4v) is 2.82. The van der Waals surface area contributed by atoms with Gasteiger partial charge in [-0.25, -0.2) is 0 Å². The zero-order valence-corrected chi connectivity index (χ0v) is 12.0. The maximum Gasteiger partial charge on any atom is 0.120 e. The number of aliphatic hydroxyl groups excluding tert-OH is 1. The van der Waals surface area contributed by atoms with Gasteiger partial charge in [0.05, 0.1) is 7.11 Å². The first-order valence-corrected chi connectivity index (χ1v) is 6.87. The van der Waals surface area contributed by atoms with Crippen molar-refractivity contribution in [2.24, 2.45) is 0 Å². The Morgan fingerprint density at radius 1 is 1.37 bits per heavy atom. The first-order chi connectivity index (χ1) is 9.15. The van der Waals surface area contributed by atoms with Crippen molar-refractivity contribution in [2.45, 2.75) is 25.4 Å². The number of methoxy groups -OCH3 is 1. The monoisotopic (exact) mass is 264 g/mol. The van der Waals surface area contributed by atoms with Crippen LogP contribution in [0.3, 0.4) is 0 Å². The fraction of sp³-hybridized carbons (Fsp3) is 0.600. The molecule has 1 aromatic rings. The van der Waals surface area contributed by atoms with Gasteiger partial charge in [-0.1, -0.05) is 6.07 Å². The minimum Gasteiger partial charge on any atom is -0.497 e. The van der Waals surface area contributed by atoms with E-state index in [4.69, 9.17) is 4.74 Å². The van der Waals surface area contributed by atoms with Crippen LogP contribution in [0.15, 0.2) is 24.3 Å². The molecule has 1 saturated heterocycles. The lowest BCUT2D eigenvalue weighted by Gasteiger charge is -2.45. The van der Waals surface area contributed by atoms with Gasteiger partial charge >= 0.3 is 0 Å². The lowest BCUT2D eigenvalue weighted by molar-refractivity contribution is 0.154. The van der Waals surface area contributed by atoms with E-state index in [1.807, 2.05) is 12.1 Å². The number of piperazine rings is 1. The zero-order chi connectivity index (χ0) is 13.8. The van der Waals surface area contributed by atoms with E-state index < -0.39 is 0 Å². The van der Waals surface area contributed by atoms with Gasteiger partial charge in [-0.15, -0.1) is 0 Å². The molecule has 2 rings (SSSR count). The molecular formula is C15H24N2O2. The third kappa shape index (κ3) is 3.19. The molecule has 0 bridgehead atoms. The van der Waals surface area contributed by atoms with Gasteiger partial charge in [0.2, 0.25) is 0 Å². The number of rotatable bonds is 4. The Kier molecular flexibility index (Phi) is 4.66. The topological polar surface area (TPSA) is 35.9 Å². The average molecular weight is 264 g/mol. The van der Waals surface area contributed by atoms with Gasteiger partial charge in [0, 0.05) is 43.5 Å². The molecule has 2 atom stereocenters. The van der Waals surface area contributed by atoms with Crippen LogP contribution in [0.1, 0.15) is 13.3 Å². The van der Waals surface area contributed by atoms with Crippen LogP contribution in [-0.2, 0) is 0 Å². The highest BCUT2D eigenvalue weighted by Gasteiger charge is 2.29. The van der Waals surface area contributed by atoms with Gasteiger partial charge in [-0.2, -0.15) is 0 Å². The van der Waals surface area contributed by atoms with Crippen LogP contribution < -0.4 is 9.64 Å². The quantitative estimate of drug-likeness (QED) is 0.896. The second-order valence-corrected chi connectivity index (χ2v) is 5.31. The highest BCUT2D eigenvalue weighted by Crippen LogP contribution is 2.26. The summed E-state index contributed by atoms with van der Waals surface area (Å²) in [5, 5.41) is 9.18. The van der Waals surface area contributed by atoms with Crippen molar-refractivity contribution in [3.63, 3.8) is 0 Å². The van der Waals surface area contributed by atoms with Crippen LogP contribution in [0.25, 0.3) is 0 Å². The van der Waals surface area contributed by atoms with E-state index in [1.165, 1.54) is 5.69 Å². The number of hydrogen-bond acceptors (Lipinski definition) is 4. The second kappa shape index (κ2) is 6.26. The minimum absolute atomic E-state index is 0.245. The highest BCUT2D eigenvalue weighted by molar-refractivity contribution is 5.52. The largest absolute Gasteiger partial charge is 0.497 e. The maximum atomic E-state index is 9.18. The van der Waals surface area contributed by atoms with Gasteiger partial charge in [0.15, 0.2) is 0 Å².